The molecule has 1 N–H and O–H groups in total. The molecule has 0 saturated carbocycles. The minimum absolute atomic E-state index is 0.0237. The van der Waals surface area contributed by atoms with Gasteiger partial charge in [-0.05, 0) is 19.9 Å². The predicted molar refractivity (Wildman–Crippen MR) is 116 cm³/mol. The molecule has 0 aliphatic carbocycles. The Morgan fingerprint density at radius 1 is 0.893 bits per heavy atom. The fourth-order valence-electron chi connectivity index (χ4n) is 3.01. The van der Waals surface area contributed by atoms with Crippen molar-refractivity contribution < 1.29 is 5.11 Å². The molecule has 0 bridgehead atoms. The van der Waals surface area contributed by atoms with E-state index in [-0.39, 0.29) is 5.76 Å². The van der Waals surface area contributed by atoms with Gasteiger partial charge in [0.15, 0.2) is 5.82 Å². The molecule has 0 amide bonds. The first-order valence-electron chi connectivity index (χ1n) is 8.97. The lowest BCUT2D eigenvalue weighted by atomic mass is 10.1. The fourth-order valence-corrected chi connectivity index (χ4v) is 3.01. The third-order valence-corrected chi connectivity index (χ3v) is 4.15. The van der Waals surface area contributed by atoms with Crippen molar-refractivity contribution in [2.45, 2.75) is 13.8 Å². The summed E-state index contributed by atoms with van der Waals surface area (Å²) >= 11 is 0. The molecule has 1 aromatic heterocycles. The van der Waals surface area contributed by atoms with Crippen LogP contribution in [0.5, 0.6) is 0 Å². The van der Waals surface area contributed by atoms with E-state index in [2.05, 4.69) is 13.2 Å². The number of hydrogen-bond acceptors (Lipinski definition) is 4. The van der Waals surface area contributed by atoms with E-state index in [1.165, 1.54) is 0 Å². The van der Waals surface area contributed by atoms with Crippen molar-refractivity contribution in [1.29, 1.82) is 0 Å². The molecule has 4 heteroatoms. The minimum Gasteiger partial charge on any atom is -0.509 e. The normalized spacial score (nSPS) is 11.1. The van der Waals surface area contributed by atoms with Crippen LogP contribution in [0.25, 0.3) is 22.6 Å². The number of nitrogens with zero attached hydrogens (tertiary/aromatic N) is 3. The third-order valence-electron chi connectivity index (χ3n) is 4.15. The van der Waals surface area contributed by atoms with Crippen LogP contribution in [-0.2, 0) is 0 Å². The van der Waals surface area contributed by atoms with E-state index in [4.69, 9.17) is 9.97 Å². The number of anilines is 1. The molecule has 0 radical (unpaired) electrons. The number of hydrogen-bond donors (Lipinski definition) is 1. The molecular formula is C24H23N3O. The van der Waals surface area contributed by atoms with Crippen LogP contribution in [0.3, 0.4) is 0 Å². The molecule has 0 saturated heterocycles. The van der Waals surface area contributed by atoms with Crippen molar-refractivity contribution in [3.8, 4) is 22.6 Å². The van der Waals surface area contributed by atoms with Gasteiger partial charge in [0.2, 0.25) is 0 Å². The molecule has 3 aromatic rings. The maximum Gasteiger partial charge on any atom is 0.162 e. The van der Waals surface area contributed by atoms with Crippen molar-refractivity contribution in [3.05, 3.63) is 103 Å². The van der Waals surface area contributed by atoms with Crippen molar-refractivity contribution in [2.75, 3.05) is 4.90 Å². The predicted octanol–water partition coefficient (Wildman–Crippen LogP) is 6.13. The van der Waals surface area contributed by atoms with Crippen LogP contribution in [-0.4, -0.2) is 15.1 Å². The minimum atomic E-state index is -0.0237. The van der Waals surface area contributed by atoms with Crippen LogP contribution in [0.4, 0.5) is 5.82 Å². The van der Waals surface area contributed by atoms with Gasteiger partial charge in [-0.3, -0.25) is 0 Å². The van der Waals surface area contributed by atoms with Gasteiger partial charge in [-0.1, -0.05) is 73.8 Å². The Labute approximate surface area is 165 Å². The van der Waals surface area contributed by atoms with E-state index in [1.54, 1.807) is 6.08 Å². The molecule has 0 aliphatic heterocycles. The molecule has 3 rings (SSSR count). The second kappa shape index (κ2) is 8.35. The second-order valence-electron chi connectivity index (χ2n) is 6.51. The molecule has 2 aromatic carbocycles. The van der Waals surface area contributed by atoms with Gasteiger partial charge in [-0.2, -0.15) is 0 Å². The Morgan fingerprint density at radius 2 is 1.46 bits per heavy atom. The summed E-state index contributed by atoms with van der Waals surface area (Å²) in [5.41, 5.74) is 4.27. The zero-order chi connectivity index (χ0) is 20.1. The summed E-state index contributed by atoms with van der Waals surface area (Å²) in [4.78, 5) is 11.4. The van der Waals surface area contributed by atoms with Crippen LogP contribution in [0, 0.1) is 0 Å². The number of allylic oxidation sites excluding steroid dienone is 3. The second-order valence-corrected chi connectivity index (χ2v) is 6.51. The Balaban J connectivity index is 2.22. The highest BCUT2D eigenvalue weighted by atomic mass is 16.3. The molecule has 4 nitrogen and oxygen atoms in total. The number of aromatic nitrogens is 2. The smallest absolute Gasteiger partial charge is 0.162 e. The maximum atomic E-state index is 9.61. The average molecular weight is 369 g/mol. The summed E-state index contributed by atoms with van der Waals surface area (Å²) in [6, 6.07) is 21.8. The first-order valence-corrected chi connectivity index (χ1v) is 8.97. The number of aliphatic hydroxyl groups is 1. The van der Waals surface area contributed by atoms with Gasteiger partial charge in [0.05, 0.1) is 5.69 Å². The van der Waals surface area contributed by atoms with E-state index >= 15 is 0 Å². The van der Waals surface area contributed by atoms with Crippen LogP contribution in [0.1, 0.15) is 13.8 Å². The van der Waals surface area contributed by atoms with Gasteiger partial charge in [0, 0.05) is 28.6 Å². The third kappa shape index (κ3) is 4.35. The molecule has 28 heavy (non-hydrogen) atoms. The molecule has 0 atom stereocenters. The Bertz CT molecular complexity index is 966. The van der Waals surface area contributed by atoms with E-state index in [9.17, 15) is 5.11 Å². The molecular weight excluding hydrogens is 346 g/mol. The zero-order valence-electron chi connectivity index (χ0n) is 16.1. The topological polar surface area (TPSA) is 49.2 Å². The first kappa shape index (κ1) is 19.1. The van der Waals surface area contributed by atoms with Crippen LogP contribution < -0.4 is 4.90 Å². The van der Waals surface area contributed by atoms with Crippen LogP contribution in [0.15, 0.2) is 103 Å². The quantitative estimate of drug-likeness (QED) is 0.420. The lowest BCUT2D eigenvalue weighted by Crippen LogP contribution is -2.20. The van der Waals surface area contributed by atoms with Crippen LogP contribution >= 0.6 is 0 Å². The number of benzene rings is 2. The molecule has 0 spiro atoms. The largest absolute Gasteiger partial charge is 0.509 e. The van der Waals surface area contributed by atoms with Gasteiger partial charge in [-0.25, -0.2) is 9.97 Å². The van der Waals surface area contributed by atoms with Gasteiger partial charge in [-0.15, -0.1) is 0 Å². The van der Waals surface area contributed by atoms with Crippen molar-refractivity contribution in [2.24, 2.45) is 0 Å². The van der Waals surface area contributed by atoms with Gasteiger partial charge in [0.1, 0.15) is 11.6 Å². The van der Waals surface area contributed by atoms with Crippen molar-refractivity contribution in [3.63, 3.8) is 0 Å². The maximum absolute atomic E-state index is 9.61. The Morgan fingerprint density at radius 3 is 2.00 bits per heavy atom. The van der Waals surface area contributed by atoms with E-state index in [0.717, 1.165) is 28.2 Å². The highest BCUT2D eigenvalue weighted by Gasteiger charge is 2.16. The molecule has 0 unspecified atom stereocenters. The van der Waals surface area contributed by atoms with Crippen molar-refractivity contribution >= 4 is 5.82 Å². The fraction of sp³-hybridized carbons (Fsp3) is 0.0833. The zero-order valence-corrected chi connectivity index (χ0v) is 16.1. The SMILES string of the molecule is C=C(O)/C=C(\C)N(C(=C)C)c1cc(-c2ccccc2)nc(-c2ccccc2)n1. The Kier molecular flexibility index (Phi) is 5.70. The summed E-state index contributed by atoms with van der Waals surface area (Å²) < 4.78 is 0. The molecule has 0 aliphatic rings. The summed E-state index contributed by atoms with van der Waals surface area (Å²) in [6.07, 6.45) is 1.58. The lowest BCUT2D eigenvalue weighted by molar-refractivity contribution is 0.434. The lowest BCUT2D eigenvalue weighted by Gasteiger charge is -2.25. The van der Waals surface area contributed by atoms with E-state index in [1.807, 2.05) is 85.5 Å². The van der Waals surface area contributed by atoms with Crippen LogP contribution in [0.2, 0.25) is 0 Å². The summed E-state index contributed by atoms with van der Waals surface area (Å²) in [5.74, 6) is 1.28. The summed E-state index contributed by atoms with van der Waals surface area (Å²) in [6.45, 7) is 11.4. The molecule has 1 heterocycles. The monoisotopic (exact) mass is 369 g/mol. The average Bonchev–Trinajstić information content (AvgIpc) is 2.68. The highest BCUT2D eigenvalue weighted by molar-refractivity contribution is 5.69. The standard InChI is InChI=1S/C24H23N3O/c1-17(2)27(18(3)15-19(4)28)23-16-22(20-11-7-5-8-12-20)25-24(26-23)21-13-9-6-10-14-21/h5-16,28H,1,4H2,2-3H3/b18-15+. The number of aliphatic hydroxyl groups excluding tert-OH is 1. The van der Waals surface area contributed by atoms with E-state index in [0.29, 0.717) is 11.6 Å². The number of rotatable bonds is 6. The highest BCUT2D eigenvalue weighted by Crippen LogP contribution is 2.29. The van der Waals surface area contributed by atoms with Gasteiger partial charge >= 0.3 is 0 Å². The van der Waals surface area contributed by atoms with Gasteiger partial charge in [0.25, 0.3) is 0 Å². The molecule has 0 fully saturated rings. The van der Waals surface area contributed by atoms with Crippen molar-refractivity contribution in [1.82, 2.24) is 9.97 Å². The summed E-state index contributed by atoms with van der Waals surface area (Å²) in [5, 5.41) is 9.61. The Hall–Kier alpha value is -3.66. The van der Waals surface area contributed by atoms with E-state index < -0.39 is 0 Å². The first-order chi connectivity index (χ1) is 13.5. The summed E-state index contributed by atoms with van der Waals surface area (Å²) in [7, 11) is 0. The molecule has 140 valence electrons. The van der Waals surface area contributed by atoms with Gasteiger partial charge < -0.3 is 10.0 Å².